The maximum Gasteiger partial charge on any atom is 0.188 e. The molecule has 8 heteroatoms. The topological polar surface area (TPSA) is 76.7 Å². The van der Waals surface area contributed by atoms with Crippen LogP contribution < -0.4 is 5.32 Å². The van der Waals surface area contributed by atoms with Gasteiger partial charge < -0.3 is 14.8 Å². The summed E-state index contributed by atoms with van der Waals surface area (Å²) in [6.45, 7) is 8.86. The molecular weight excluding hydrogens is 292 g/mol. The number of aromatic nitrogens is 6. The summed E-state index contributed by atoms with van der Waals surface area (Å²) in [5.41, 5.74) is 1.12. The number of hydrogen-bond acceptors (Lipinski definition) is 6. The molecule has 0 radical (unpaired) electrons. The summed E-state index contributed by atoms with van der Waals surface area (Å²) < 4.78 is 2.10. The highest BCUT2D eigenvalue weighted by molar-refractivity contribution is 5.14. The smallest absolute Gasteiger partial charge is 0.188 e. The number of rotatable bonds is 4. The Balaban J connectivity index is 1.67. The summed E-state index contributed by atoms with van der Waals surface area (Å²) in [7, 11) is 4.20. The van der Waals surface area contributed by atoms with Gasteiger partial charge in [0.25, 0.3) is 0 Å². The molecule has 0 aromatic carbocycles. The molecule has 2 aromatic rings. The van der Waals surface area contributed by atoms with E-state index in [1.807, 2.05) is 19.6 Å². The zero-order valence-electron chi connectivity index (χ0n) is 14.6. The molecule has 1 saturated heterocycles. The largest absolute Gasteiger partial charge is 0.337 e. The summed E-state index contributed by atoms with van der Waals surface area (Å²) >= 11 is 0. The van der Waals surface area contributed by atoms with Crippen LogP contribution in [-0.4, -0.2) is 60.8 Å². The number of likely N-dealkylation sites (tertiary alicyclic amines) is 1. The second-order valence-electron chi connectivity index (χ2n) is 7.41. The van der Waals surface area contributed by atoms with Gasteiger partial charge in [0.15, 0.2) is 5.82 Å². The summed E-state index contributed by atoms with van der Waals surface area (Å²) in [6, 6.07) is 0.358. The van der Waals surface area contributed by atoms with Crippen LogP contribution in [-0.2, 0) is 19.1 Å². The molecule has 0 unspecified atom stereocenters. The molecule has 2 atom stereocenters. The highest BCUT2D eigenvalue weighted by atomic mass is 15.6. The van der Waals surface area contributed by atoms with Crippen molar-refractivity contribution in [3.63, 3.8) is 0 Å². The summed E-state index contributed by atoms with van der Waals surface area (Å²) in [5.74, 6) is 1.16. The number of nitrogens with one attached hydrogen (secondary N) is 1. The Morgan fingerprint density at radius 2 is 2.04 bits per heavy atom. The number of aryl methyl sites for hydroxylation is 1. The van der Waals surface area contributed by atoms with Gasteiger partial charge in [0, 0.05) is 44.0 Å². The third-order valence-electron chi connectivity index (χ3n) is 4.31. The second kappa shape index (κ2) is 6.01. The van der Waals surface area contributed by atoms with Gasteiger partial charge in [-0.05, 0) is 33.0 Å². The van der Waals surface area contributed by atoms with Crippen molar-refractivity contribution in [3.05, 3.63) is 24.0 Å². The summed E-state index contributed by atoms with van der Waals surface area (Å²) in [4.78, 5) is 8.27. The van der Waals surface area contributed by atoms with Crippen LogP contribution in [0.15, 0.2) is 12.5 Å². The molecule has 126 valence electrons. The maximum atomic E-state index is 4.47. The van der Waals surface area contributed by atoms with Gasteiger partial charge in [0.2, 0.25) is 0 Å². The minimum absolute atomic E-state index is 0.143. The van der Waals surface area contributed by atoms with Crippen LogP contribution in [0.4, 0.5) is 0 Å². The zero-order valence-corrected chi connectivity index (χ0v) is 14.6. The van der Waals surface area contributed by atoms with E-state index in [0.717, 1.165) is 18.9 Å². The zero-order chi connectivity index (χ0) is 16.6. The van der Waals surface area contributed by atoms with E-state index in [0.29, 0.717) is 18.5 Å². The first-order valence-electron chi connectivity index (χ1n) is 8.02. The van der Waals surface area contributed by atoms with Crippen LogP contribution >= 0.6 is 0 Å². The van der Waals surface area contributed by atoms with Crippen molar-refractivity contribution in [2.24, 2.45) is 7.05 Å². The van der Waals surface area contributed by atoms with E-state index in [1.165, 1.54) is 5.69 Å². The minimum atomic E-state index is -0.143. The lowest BCUT2D eigenvalue weighted by Gasteiger charge is -2.19. The molecule has 1 fully saturated rings. The number of nitrogens with zero attached hydrogens (tertiary/aromatic N) is 7. The molecule has 1 aliphatic heterocycles. The molecule has 0 spiro atoms. The molecule has 1 N–H and O–H groups in total. The van der Waals surface area contributed by atoms with Crippen molar-refractivity contribution in [3.8, 4) is 0 Å². The summed E-state index contributed by atoms with van der Waals surface area (Å²) in [5, 5.41) is 16.4. The van der Waals surface area contributed by atoms with Crippen molar-refractivity contribution in [1.29, 1.82) is 0 Å². The van der Waals surface area contributed by atoms with E-state index < -0.39 is 0 Å². The van der Waals surface area contributed by atoms with E-state index in [2.05, 4.69) is 63.0 Å². The van der Waals surface area contributed by atoms with Crippen LogP contribution in [0, 0.1) is 0 Å². The first kappa shape index (κ1) is 16.1. The molecule has 0 saturated carbocycles. The number of imidazole rings is 1. The standard InChI is InChI=1S/C15H26N8/c1-15(2,3)23-19-14(18-20-23)7-17-12-9-21(4)8-11(12)13-6-16-10-22(13)5/h6,10-12,17H,7-9H2,1-5H3/t11-,12-/m1/s1. The Hall–Kier alpha value is -1.80. The van der Waals surface area contributed by atoms with Crippen LogP contribution in [0.3, 0.4) is 0 Å². The van der Waals surface area contributed by atoms with Gasteiger partial charge in [0.05, 0.1) is 18.4 Å². The highest BCUT2D eigenvalue weighted by Gasteiger charge is 2.33. The van der Waals surface area contributed by atoms with Crippen LogP contribution in [0.25, 0.3) is 0 Å². The lowest BCUT2D eigenvalue weighted by molar-refractivity contribution is 0.305. The lowest BCUT2D eigenvalue weighted by Crippen LogP contribution is -2.35. The fraction of sp³-hybridized carbons (Fsp3) is 0.733. The Morgan fingerprint density at radius 1 is 1.26 bits per heavy atom. The number of tetrazole rings is 1. The van der Waals surface area contributed by atoms with Gasteiger partial charge in [-0.2, -0.15) is 4.80 Å². The molecule has 3 rings (SSSR count). The van der Waals surface area contributed by atoms with E-state index in [-0.39, 0.29) is 5.54 Å². The van der Waals surface area contributed by atoms with Crippen molar-refractivity contribution in [1.82, 2.24) is 40.0 Å². The number of likely N-dealkylation sites (N-methyl/N-ethyl adjacent to an activating group) is 1. The SMILES string of the molecule is CN1C[C@@H](NCc2nnn(C(C)(C)C)n2)[C@H](c2cncn2C)C1. The number of hydrogen-bond donors (Lipinski definition) is 1. The van der Waals surface area contributed by atoms with E-state index in [1.54, 1.807) is 4.80 Å². The Kier molecular flexibility index (Phi) is 4.20. The quantitative estimate of drug-likeness (QED) is 0.876. The van der Waals surface area contributed by atoms with Crippen LogP contribution in [0.5, 0.6) is 0 Å². The van der Waals surface area contributed by atoms with Crippen molar-refractivity contribution in [2.45, 2.75) is 44.8 Å². The molecule has 0 amide bonds. The van der Waals surface area contributed by atoms with Crippen LogP contribution in [0.2, 0.25) is 0 Å². The lowest BCUT2D eigenvalue weighted by atomic mass is 10.00. The predicted molar refractivity (Wildman–Crippen MR) is 86.9 cm³/mol. The van der Waals surface area contributed by atoms with Gasteiger partial charge in [-0.15, -0.1) is 10.2 Å². The highest BCUT2D eigenvalue weighted by Crippen LogP contribution is 2.26. The van der Waals surface area contributed by atoms with Gasteiger partial charge in [0.1, 0.15) is 0 Å². The van der Waals surface area contributed by atoms with Gasteiger partial charge in [-0.3, -0.25) is 0 Å². The van der Waals surface area contributed by atoms with E-state index in [9.17, 15) is 0 Å². The third kappa shape index (κ3) is 3.42. The first-order valence-corrected chi connectivity index (χ1v) is 8.02. The molecule has 8 nitrogen and oxygen atoms in total. The Bertz CT molecular complexity index is 652. The van der Waals surface area contributed by atoms with Crippen molar-refractivity contribution in [2.75, 3.05) is 20.1 Å². The van der Waals surface area contributed by atoms with Gasteiger partial charge >= 0.3 is 0 Å². The normalized spacial score (nSPS) is 22.8. The second-order valence-corrected chi connectivity index (χ2v) is 7.41. The van der Waals surface area contributed by atoms with E-state index in [4.69, 9.17) is 0 Å². The average molecular weight is 318 g/mol. The molecule has 0 bridgehead atoms. The third-order valence-corrected chi connectivity index (χ3v) is 4.31. The molecule has 2 aromatic heterocycles. The fourth-order valence-electron chi connectivity index (χ4n) is 3.05. The Morgan fingerprint density at radius 3 is 2.65 bits per heavy atom. The monoisotopic (exact) mass is 318 g/mol. The molecular formula is C15H26N8. The van der Waals surface area contributed by atoms with E-state index >= 15 is 0 Å². The van der Waals surface area contributed by atoms with Crippen molar-refractivity contribution < 1.29 is 0 Å². The average Bonchev–Trinajstić information content (AvgIpc) is 3.15. The molecule has 0 aliphatic carbocycles. The predicted octanol–water partition coefficient (Wildman–Crippen LogP) is 0.349. The fourth-order valence-corrected chi connectivity index (χ4v) is 3.05. The van der Waals surface area contributed by atoms with Gasteiger partial charge in [-0.1, -0.05) is 0 Å². The van der Waals surface area contributed by atoms with Crippen LogP contribution in [0.1, 0.15) is 38.2 Å². The maximum absolute atomic E-state index is 4.47. The minimum Gasteiger partial charge on any atom is -0.337 e. The molecule has 3 heterocycles. The van der Waals surface area contributed by atoms with Gasteiger partial charge in [-0.25, -0.2) is 4.98 Å². The summed E-state index contributed by atoms with van der Waals surface area (Å²) in [6.07, 6.45) is 3.83. The molecule has 23 heavy (non-hydrogen) atoms. The Labute approximate surface area is 136 Å². The first-order chi connectivity index (χ1) is 10.8. The van der Waals surface area contributed by atoms with Crippen molar-refractivity contribution >= 4 is 0 Å². The molecule has 1 aliphatic rings.